The van der Waals surface area contributed by atoms with E-state index in [0.717, 1.165) is 0 Å². The van der Waals surface area contributed by atoms with Crippen LogP contribution in [0.5, 0.6) is 0 Å². The van der Waals surface area contributed by atoms with Crippen LogP contribution in [0, 0.1) is 0 Å². The summed E-state index contributed by atoms with van der Waals surface area (Å²) >= 11 is 3.83. The summed E-state index contributed by atoms with van der Waals surface area (Å²) in [6.45, 7) is 0. The first-order valence-corrected chi connectivity index (χ1v) is 7.85. The number of carboxylic acid groups (broad SMARTS) is 3. The molecule has 7 N–H and O–H groups in total. The molecule has 11 nitrogen and oxygen atoms in total. The van der Waals surface area contributed by atoms with Gasteiger partial charge >= 0.3 is 17.9 Å². The van der Waals surface area contributed by atoms with Crippen LogP contribution in [0.15, 0.2) is 0 Å². The van der Waals surface area contributed by atoms with Gasteiger partial charge in [0.2, 0.25) is 11.8 Å². The van der Waals surface area contributed by atoms with Crippen LogP contribution >= 0.6 is 12.6 Å². The summed E-state index contributed by atoms with van der Waals surface area (Å²) in [6.07, 6.45) is -1.61. The molecule has 3 atom stereocenters. The molecule has 0 saturated carbocycles. The van der Waals surface area contributed by atoms with E-state index in [4.69, 9.17) is 21.1 Å². The van der Waals surface area contributed by atoms with Gasteiger partial charge in [-0.05, 0) is 12.8 Å². The number of amides is 2. The van der Waals surface area contributed by atoms with E-state index in [-0.39, 0.29) is 18.6 Å². The lowest BCUT2D eigenvalue weighted by Gasteiger charge is -2.22. The Morgan fingerprint density at radius 1 is 0.840 bits per heavy atom. The fraction of sp³-hybridized carbons (Fsp3) is 0.615. The highest BCUT2D eigenvalue weighted by atomic mass is 32.1. The molecule has 0 bridgehead atoms. The molecule has 0 rings (SSSR count). The minimum absolute atomic E-state index is 0.0184. The van der Waals surface area contributed by atoms with Crippen molar-refractivity contribution in [3.63, 3.8) is 0 Å². The molecule has 0 spiro atoms. The molecule has 0 aliphatic heterocycles. The first-order valence-electron chi connectivity index (χ1n) is 7.22. The number of hydrogen-bond donors (Lipinski definition) is 7. The summed E-state index contributed by atoms with van der Waals surface area (Å²) in [5.41, 5.74) is 5.46. The number of carbonyl (C=O) groups is 5. The number of rotatable bonds is 12. The zero-order valence-electron chi connectivity index (χ0n) is 13.2. The van der Waals surface area contributed by atoms with Crippen LogP contribution in [0.3, 0.4) is 0 Å². The van der Waals surface area contributed by atoms with Crippen LogP contribution in [0.1, 0.15) is 25.7 Å². The Hall–Kier alpha value is -2.34. The van der Waals surface area contributed by atoms with Gasteiger partial charge in [0, 0.05) is 18.6 Å². The van der Waals surface area contributed by atoms with E-state index in [1.54, 1.807) is 0 Å². The predicted molar refractivity (Wildman–Crippen MR) is 87.1 cm³/mol. The third kappa shape index (κ3) is 9.52. The van der Waals surface area contributed by atoms with Gasteiger partial charge in [0.15, 0.2) is 0 Å². The van der Waals surface area contributed by atoms with Crippen LogP contribution in [0.4, 0.5) is 0 Å². The van der Waals surface area contributed by atoms with Crippen LogP contribution in [0.2, 0.25) is 0 Å². The van der Waals surface area contributed by atoms with Crippen molar-refractivity contribution in [1.29, 1.82) is 0 Å². The van der Waals surface area contributed by atoms with Crippen molar-refractivity contribution in [2.24, 2.45) is 5.73 Å². The third-order valence-electron chi connectivity index (χ3n) is 3.07. The molecule has 0 saturated heterocycles. The second-order valence-electron chi connectivity index (χ2n) is 5.11. The quantitative estimate of drug-likeness (QED) is 0.188. The topological polar surface area (TPSA) is 196 Å². The largest absolute Gasteiger partial charge is 0.481 e. The van der Waals surface area contributed by atoms with Gasteiger partial charge in [-0.1, -0.05) is 0 Å². The molecule has 0 aliphatic rings. The standard InChI is InChI=1S/C13H21N3O8S/c14-6(5-25)11(21)15-7(1-3-9(17)18)12(22)16-8(13(23)24)2-4-10(19)20/h6-8,25H,1-5,14H2,(H,15,21)(H,16,22)(H,17,18)(H,19,20)(H,23,24). The Morgan fingerprint density at radius 3 is 1.68 bits per heavy atom. The molecule has 0 heterocycles. The van der Waals surface area contributed by atoms with Crippen LogP contribution in [-0.4, -0.2) is 68.9 Å². The monoisotopic (exact) mass is 379 g/mol. The van der Waals surface area contributed by atoms with E-state index in [9.17, 15) is 24.0 Å². The highest BCUT2D eigenvalue weighted by Gasteiger charge is 2.28. The SMILES string of the molecule is NC(CS)C(=O)NC(CCC(=O)O)C(=O)NC(CCC(=O)O)C(=O)O. The molecule has 142 valence electrons. The molecule has 2 amide bonds. The van der Waals surface area contributed by atoms with Gasteiger partial charge in [-0.25, -0.2) is 4.79 Å². The van der Waals surface area contributed by atoms with Gasteiger partial charge in [0.1, 0.15) is 12.1 Å². The van der Waals surface area contributed by atoms with Crippen molar-refractivity contribution >= 4 is 42.4 Å². The molecule has 0 aromatic heterocycles. The minimum atomic E-state index is -1.49. The Balaban J connectivity index is 5.02. The fourth-order valence-electron chi connectivity index (χ4n) is 1.70. The Morgan fingerprint density at radius 2 is 1.28 bits per heavy atom. The Bertz CT molecular complexity index is 527. The normalized spacial score (nSPS) is 14.0. The summed E-state index contributed by atoms with van der Waals surface area (Å²) < 4.78 is 0. The fourth-order valence-corrected chi connectivity index (χ4v) is 1.86. The highest BCUT2D eigenvalue weighted by molar-refractivity contribution is 7.80. The lowest BCUT2D eigenvalue weighted by molar-refractivity contribution is -0.144. The summed E-state index contributed by atoms with van der Waals surface area (Å²) in [5.74, 6) is -5.63. The smallest absolute Gasteiger partial charge is 0.326 e. The zero-order valence-corrected chi connectivity index (χ0v) is 14.1. The van der Waals surface area contributed by atoms with Gasteiger partial charge < -0.3 is 31.7 Å². The van der Waals surface area contributed by atoms with Gasteiger partial charge in [-0.3, -0.25) is 19.2 Å². The average molecular weight is 379 g/mol. The van der Waals surface area contributed by atoms with E-state index in [1.165, 1.54) is 0 Å². The summed E-state index contributed by atoms with van der Waals surface area (Å²) in [6, 6.07) is -3.86. The number of hydrogen-bond acceptors (Lipinski definition) is 7. The maximum atomic E-state index is 12.2. The highest BCUT2D eigenvalue weighted by Crippen LogP contribution is 2.03. The lowest BCUT2D eigenvalue weighted by Crippen LogP contribution is -2.54. The van der Waals surface area contributed by atoms with E-state index in [1.807, 2.05) is 0 Å². The number of carboxylic acids is 3. The van der Waals surface area contributed by atoms with Gasteiger partial charge in [0.05, 0.1) is 6.04 Å². The number of aliphatic carboxylic acids is 3. The van der Waals surface area contributed by atoms with E-state index >= 15 is 0 Å². The molecular weight excluding hydrogens is 358 g/mol. The summed E-state index contributed by atoms with van der Waals surface area (Å²) in [7, 11) is 0. The second-order valence-corrected chi connectivity index (χ2v) is 5.48. The first kappa shape index (κ1) is 22.7. The third-order valence-corrected chi connectivity index (χ3v) is 3.47. The van der Waals surface area contributed by atoms with Gasteiger partial charge in [-0.2, -0.15) is 12.6 Å². The van der Waals surface area contributed by atoms with E-state index in [2.05, 4.69) is 23.3 Å². The Kier molecular flexibility index (Phi) is 10.2. The van der Waals surface area contributed by atoms with Gasteiger partial charge in [0.25, 0.3) is 0 Å². The van der Waals surface area contributed by atoms with Crippen molar-refractivity contribution in [2.45, 2.75) is 43.8 Å². The van der Waals surface area contributed by atoms with Crippen LogP contribution < -0.4 is 16.4 Å². The molecule has 3 unspecified atom stereocenters. The molecule has 0 aliphatic carbocycles. The number of thiol groups is 1. The van der Waals surface area contributed by atoms with Crippen molar-refractivity contribution < 1.29 is 39.3 Å². The zero-order chi connectivity index (χ0) is 19.6. The summed E-state index contributed by atoms with van der Waals surface area (Å²) in [4.78, 5) is 56.2. The molecule has 12 heteroatoms. The number of carbonyl (C=O) groups excluding carboxylic acids is 2. The maximum Gasteiger partial charge on any atom is 0.326 e. The van der Waals surface area contributed by atoms with E-state index < -0.39 is 60.7 Å². The van der Waals surface area contributed by atoms with E-state index in [0.29, 0.717) is 0 Å². The van der Waals surface area contributed by atoms with Gasteiger partial charge in [-0.15, -0.1) is 0 Å². The van der Waals surface area contributed by atoms with Crippen molar-refractivity contribution in [3.05, 3.63) is 0 Å². The van der Waals surface area contributed by atoms with Crippen molar-refractivity contribution in [1.82, 2.24) is 10.6 Å². The Labute approximate surface area is 148 Å². The summed E-state index contributed by atoms with van der Waals surface area (Å²) in [5, 5.41) is 30.6. The van der Waals surface area contributed by atoms with Crippen molar-refractivity contribution in [3.8, 4) is 0 Å². The minimum Gasteiger partial charge on any atom is -0.481 e. The van der Waals surface area contributed by atoms with Crippen LogP contribution in [-0.2, 0) is 24.0 Å². The second kappa shape index (κ2) is 11.3. The molecular formula is C13H21N3O8S. The van der Waals surface area contributed by atoms with Crippen LogP contribution in [0.25, 0.3) is 0 Å². The molecule has 25 heavy (non-hydrogen) atoms. The molecule has 0 aromatic rings. The molecule has 0 radical (unpaired) electrons. The lowest BCUT2D eigenvalue weighted by atomic mass is 10.1. The molecule has 0 aromatic carbocycles. The average Bonchev–Trinajstić information content (AvgIpc) is 2.53. The maximum absolute atomic E-state index is 12.2. The first-order chi connectivity index (χ1) is 11.6. The van der Waals surface area contributed by atoms with Crippen molar-refractivity contribution in [2.75, 3.05) is 5.75 Å². The predicted octanol–water partition coefficient (Wildman–Crippen LogP) is -1.97. The molecule has 0 fully saturated rings. The number of nitrogens with two attached hydrogens (primary N) is 1. The number of nitrogens with one attached hydrogen (secondary N) is 2.